The Bertz CT molecular complexity index is 144. The Hall–Kier alpha value is -0.180. The predicted octanol–water partition coefficient (Wildman–Crippen LogP) is 2.39. The van der Waals surface area contributed by atoms with Gasteiger partial charge in [0.15, 0.2) is 0 Å². The lowest BCUT2D eigenvalue weighted by molar-refractivity contribution is -0.130. The van der Waals surface area contributed by atoms with Crippen LogP contribution in [-0.2, 0) is 4.79 Å². The molecular weight excluding hydrogens is 182 g/mol. The zero-order valence-corrected chi connectivity index (χ0v) is 9.99. The highest BCUT2D eigenvalue weighted by Crippen LogP contribution is 2.10. The van der Waals surface area contributed by atoms with E-state index in [1.807, 2.05) is 30.5 Å². The van der Waals surface area contributed by atoms with Crippen LogP contribution in [-0.4, -0.2) is 34.9 Å². The summed E-state index contributed by atoms with van der Waals surface area (Å²) in [6, 6.07) is 0. The first-order valence-electron chi connectivity index (χ1n) is 5.01. The first kappa shape index (κ1) is 12.8. The van der Waals surface area contributed by atoms with Gasteiger partial charge in [-0.05, 0) is 19.1 Å². The summed E-state index contributed by atoms with van der Waals surface area (Å²) in [5.41, 5.74) is 0. The van der Waals surface area contributed by atoms with E-state index in [2.05, 4.69) is 13.8 Å². The molecule has 78 valence electrons. The topological polar surface area (TPSA) is 20.3 Å². The van der Waals surface area contributed by atoms with Crippen LogP contribution in [0.5, 0.6) is 0 Å². The van der Waals surface area contributed by atoms with E-state index in [9.17, 15) is 4.79 Å². The first-order chi connectivity index (χ1) is 6.11. The molecule has 0 N–H and O–H groups in total. The molecule has 0 bridgehead atoms. The van der Waals surface area contributed by atoms with Crippen LogP contribution in [0.2, 0.25) is 0 Å². The number of rotatable bonds is 6. The SMILES string of the molecule is CCN(CC)C(=O)CCSC(C)C. The molecule has 0 spiro atoms. The molecule has 0 fully saturated rings. The lowest BCUT2D eigenvalue weighted by Crippen LogP contribution is -2.30. The van der Waals surface area contributed by atoms with Crippen molar-refractivity contribution in [3.8, 4) is 0 Å². The molecule has 0 aromatic heterocycles. The third-order valence-electron chi connectivity index (χ3n) is 1.88. The molecule has 0 saturated heterocycles. The van der Waals surface area contributed by atoms with Crippen LogP contribution in [0.1, 0.15) is 34.1 Å². The Morgan fingerprint density at radius 1 is 1.31 bits per heavy atom. The lowest BCUT2D eigenvalue weighted by atomic mass is 10.4. The Balaban J connectivity index is 3.60. The van der Waals surface area contributed by atoms with Gasteiger partial charge in [0.25, 0.3) is 0 Å². The molecule has 0 unspecified atom stereocenters. The smallest absolute Gasteiger partial charge is 0.223 e. The van der Waals surface area contributed by atoms with Crippen LogP contribution in [0.4, 0.5) is 0 Å². The van der Waals surface area contributed by atoms with Gasteiger partial charge in [-0.15, -0.1) is 0 Å². The number of carbonyl (C=O) groups excluding carboxylic acids is 1. The van der Waals surface area contributed by atoms with Crippen molar-refractivity contribution in [2.24, 2.45) is 0 Å². The predicted molar refractivity (Wildman–Crippen MR) is 60.1 cm³/mol. The number of hydrogen-bond donors (Lipinski definition) is 0. The Kier molecular flexibility index (Phi) is 7.14. The highest BCUT2D eigenvalue weighted by molar-refractivity contribution is 7.99. The molecule has 1 amide bonds. The summed E-state index contributed by atoms with van der Waals surface area (Å²) in [4.78, 5) is 13.4. The van der Waals surface area contributed by atoms with E-state index in [4.69, 9.17) is 0 Å². The average molecular weight is 203 g/mol. The van der Waals surface area contributed by atoms with Crippen LogP contribution in [0.25, 0.3) is 0 Å². The zero-order valence-electron chi connectivity index (χ0n) is 9.17. The number of amides is 1. The van der Waals surface area contributed by atoms with Gasteiger partial charge in [0.2, 0.25) is 5.91 Å². The summed E-state index contributed by atoms with van der Waals surface area (Å²) in [5.74, 6) is 1.24. The van der Waals surface area contributed by atoms with Crippen LogP contribution in [0, 0.1) is 0 Å². The van der Waals surface area contributed by atoms with Crippen molar-refractivity contribution in [3.63, 3.8) is 0 Å². The van der Waals surface area contributed by atoms with Gasteiger partial charge < -0.3 is 4.90 Å². The highest BCUT2D eigenvalue weighted by atomic mass is 32.2. The molecule has 0 aromatic carbocycles. The van der Waals surface area contributed by atoms with E-state index in [1.54, 1.807) is 0 Å². The molecular formula is C10H21NOS. The van der Waals surface area contributed by atoms with Gasteiger partial charge >= 0.3 is 0 Å². The van der Waals surface area contributed by atoms with Crippen molar-refractivity contribution in [2.45, 2.75) is 39.4 Å². The molecule has 13 heavy (non-hydrogen) atoms. The maximum atomic E-state index is 11.5. The number of carbonyl (C=O) groups is 1. The van der Waals surface area contributed by atoms with E-state index in [-0.39, 0.29) is 5.91 Å². The van der Waals surface area contributed by atoms with Crippen molar-refractivity contribution in [1.29, 1.82) is 0 Å². The second-order valence-corrected chi connectivity index (χ2v) is 4.92. The minimum absolute atomic E-state index is 0.290. The second kappa shape index (κ2) is 7.25. The second-order valence-electron chi connectivity index (χ2n) is 3.24. The lowest BCUT2D eigenvalue weighted by Gasteiger charge is -2.18. The minimum atomic E-state index is 0.290. The zero-order chi connectivity index (χ0) is 10.3. The molecule has 0 radical (unpaired) electrons. The van der Waals surface area contributed by atoms with Crippen LogP contribution < -0.4 is 0 Å². The summed E-state index contributed by atoms with van der Waals surface area (Å²) in [6.45, 7) is 10.0. The third-order valence-corrected chi connectivity index (χ3v) is 2.99. The maximum Gasteiger partial charge on any atom is 0.223 e. The van der Waals surface area contributed by atoms with E-state index in [1.165, 1.54) is 0 Å². The number of hydrogen-bond acceptors (Lipinski definition) is 2. The van der Waals surface area contributed by atoms with Gasteiger partial charge in [-0.1, -0.05) is 13.8 Å². The fraction of sp³-hybridized carbons (Fsp3) is 0.900. The third kappa shape index (κ3) is 5.97. The number of thioether (sulfide) groups is 1. The summed E-state index contributed by atoms with van der Waals surface area (Å²) in [7, 11) is 0. The first-order valence-corrected chi connectivity index (χ1v) is 6.06. The summed E-state index contributed by atoms with van der Waals surface area (Å²) >= 11 is 1.85. The van der Waals surface area contributed by atoms with Crippen molar-refractivity contribution in [2.75, 3.05) is 18.8 Å². The standard InChI is InChI=1S/C10H21NOS/c1-5-11(6-2)10(12)7-8-13-9(3)4/h9H,5-8H2,1-4H3. The molecule has 0 rings (SSSR count). The Morgan fingerprint density at radius 2 is 1.85 bits per heavy atom. The normalized spacial score (nSPS) is 10.5. The Morgan fingerprint density at radius 3 is 2.23 bits per heavy atom. The quantitative estimate of drug-likeness (QED) is 0.660. The highest BCUT2D eigenvalue weighted by Gasteiger charge is 2.08. The van der Waals surface area contributed by atoms with Gasteiger partial charge in [-0.3, -0.25) is 4.79 Å². The van der Waals surface area contributed by atoms with Crippen LogP contribution >= 0.6 is 11.8 Å². The van der Waals surface area contributed by atoms with E-state index in [0.29, 0.717) is 11.7 Å². The van der Waals surface area contributed by atoms with Gasteiger partial charge in [0, 0.05) is 25.3 Å². The largest absolute Gasteiger partial charge is 0.343 e. The Labute approximate surface area is 86.1 Å². The van der Waals surface area contributed by atoms with Crippen LogP contribution in [0.3, 0.4) is 0 Å². The summed E-state index contributed by atoms with van der Waals surface area (Å²) in [6.07, 6.45) is 0.685. The molecule has 0 aliphatic rings. The number of nitrogens with zero attached hydrogens (tertiary/aromatic N) is 1. The average Bonchev–Trinajstić information content (AvgIpc) is 2.05. The van der Waals surface area contributed by atoms with Crippen molar-refractivity contribution < 1.29 is 4.79 Å². The molecule has 2 nitrogen and oxygen atoms in total. The van der Waals surface area contributed by atoms with Crippen molar-refractivity contribution >= 4 is 17.7 Å². The molecule has 0 heterocycles. The molecule has 3 heteroatoms. The molecule has 0 aliphatic carbocycles. The van der Waals surface area contributed by atoms with E-state index in [0.717, 1.165) is 18.8 Å². The van der Waals surface area contributed by atoms with Crippen LogP contribution in [0.15, 0.2) is 0 Å². The fourth-order valence-electron chi connectivity index (χ4n) is 1.12. The van der Waals surface area contributed by atoms with Gasteiger partial charge in [-0.2, -0.15) is 11.8 Å². The fourth-order valence-corrected chi connectivity index (χ4v) is 1.88. The van der Waals surface area contributed by atoms with Gasteiger partial charge in [-0.25, -0.2) is 0 Å². The molecule has 0 aromatic rings. The maximum absolute atomic E-state index is 11.5. The van der Waals surface area contributed by atoms with E-state index < -0.39 is 0 Å². The summed E-state index contributed by atoms with van der Waals surface area (Å²) in [5, 5.41) is 0.629. The summed E-state index contributed by atoms with van der Waals surface area (Å²) < 4.78 is 0. The minimum Gasteiger partial charge on any atom is -0.343 e. The van der Waals surface area contributed by atoms with Crippen molar-refractivity contribution in [1.82, 2.24) is 4.90 Å². The van der Waals surface area contributed by atoms with Gasteiger partial charge in [0.1, 0.15) is 0 Å². The van der Waals surface area contributed by atoms with Crippen molar-refractivity contribution in [3.05, 3.63) is 0 Å². The molecule has 0 atom stereocenters. The molecule has 0 aliphatic heterocycles. The monoisotopic (exact) mass is 203 g/mol. The molecule has 0 saturated carbocycles. The van der Waals surface area contributed by atoms with E-state index >= 15 is 0 Å². The van der Waals surface area contributed by atoms with Gasteiger partial charge in [0.05, 0.1) is 0 Å².